The highest BCUT2D eigenvalue weighted by Crippen LogP contribution is 2.32. The van der Waals surface area contributed by atoms with Gasteiger partial charge < -0.3 is 9.73 Å². The Morgan fingerprint density at radius 1 is 1.21 bits per heavy atom. The van der Waals surface area contributed by atoms with Gasteiger partial charge in [-0.25, -0.2) is 0 Å². The van der Waals surface area contributed by atoms with Crippen molar-refractivity contribution in [2.24, 2.45) is 0 Å². The molecule has 8 heteroatoms. The molecule has 1 amide bonds. The zero-order chi connectivity index (χ0) is 21.0. The summed E-state index contributed by atoms with van der Waals surface area (Å²) in [6, 6.07) is 16.2. The molecule has 7 nitrogen and oxygen atoms in total. The molecule has 29 heavy (non-hydrogen) atoms. The van der Waals surface area contributed by atoms with Crippen LogP contribution in [0.5, 0.6) is 0 Å². The van der Waals surface area contributed by atoms with Gasteiger partial charge in [0.05, 0.1) is 9.95 Å². The molecule has 0 spiro atoms. The van der Waals surface area contributed by atoms with E-state index in [-0.39, 0.29) is 22.0 Å². The van der Waals surface area contributed by atoms with Crippen LogP contribution in [0.2, 0.25) is 5.02 Å². The SMILES string of the molecule is Cc1ccc(NC(=O)/C(C#N)=C/c2ccc(-c3ccc([N+](=O)[O-])cc3Cl)o2)cc1. The average molecular weight is 408 g/mol. The summed E-state index contributed by atoms with van der Waals surface area (Å²) in [6.07, 6.45) is 1.31. The van der Waals surface area contributed by atoms with E-state index in [4.69, 9.17) is 16.0 Å². The highest BCUT2D eigenvalue weighted by Gasteiger charge is 2.15. The van der Waals surface area contributed by atoms with Crippen LogP contribution < -0.4 is 5.32 Å². The van der Waals surface area contributed by atoms with Gasteiger partial charge in [0.25, 0.3) is 11.6 Å². The summed E-state index contributed by atoms with van der Waals surface area (Å²) < 4.78 is 5.64. The summed E-state index contributed by atoms with van der Waals surface area (Å²) >= 11 is 6.11. The number of halogens is 1. The lowest BCUT2D eigenvalue weighted by atomic mass is 10.1. The zero-order valence-corrected chi connectivity index (χ0v) is 15.9. The summed E-state index contributed by atoms with van der Waals surface area (Å²) in [6.45, 7) is 1.93. The minimum absolute atomic E-state index is 0.134. The Balaban J connectivity index is 1.82. The molecule has 0 aliphatic carbocycles. The lowest BCUT2D eigenvalue weighted by Crippen LogP contribution is -2.13. The van der Waals surface area contributed by atoms with E-state index in [2.05, 4.69) is 5.32 Å². The molecule has 2 aromatic carbocycles. The van der Waals surface area contributed by atoms with Crippen molar-refractivity contribution in [3.63, 3.8) is 0 Å². The van der Waals surface area contributed by atoms with E-state index in [0.29, 0.717) is 17.0 Å². The number of nitro benzene ring substituents is 1. The first-order valence-corrected chi connectivity index (χ1v) is 8.79. The number of amides is 1. The van der Waals surface area contributed by atoms with Crippen molar-refractivity contribution in [2.45, 2.75) is 6.92 Å². The Labute approximate surface area is 171 Å². The fraction of sp³-hybridized carbons (Fsp3) is 0.0476. The second-order valence-electron chi connectivity index (χ2n) is 6.11. The van der Waals surface area contributed by atoms with Gasteiger partial charge in [-0.3, -0.25) is 14.9 Å². The first-order chi connectivity index (χ1) is 13.9. The maximum Gasteiger partial charge on any atom is 0.270 e. The van der Waals surface area contributed by atoms with Crippen molar-refractivity contribution in [3.8, 4) is 17.4 Å². The lowest BCUT2D eigenvalue weighted by Gasteiger charge is -2.04. The highest BCUT2D eigenvalue weighted by atomic mass is 35.5. The highest BCUT2D eigenvalue weighted by molar-refractivity contribution is 6.33. The number of hydrogen-bond donors (Lipinski definition) is 1. The molecule has 3 rings (SSSR count). The molecule has 0 saturated carbocycles. The first kappa shape index (κ1) is 19.9. The van der Waals surface area contributed by atoms with Crippen LogP contribution in [0.15, 0.2) is 64.6 Å². The topological polar surface area (TPSA) is 109 Å². The molecular formula is C21H14ClN3O4. The number of carbonyl (C=O) groups is 1. The molecule has 0 saturated heterocycles. The number of nitriles is 1. The van der Waals surface area contributed by atoms with Crippen molar-refractivity contribution in [3.05, 3.63) is 86.6 Å². The second kappa shape index (κ2) is 8.42. The number of non-ortho nitro benzene ring substituents is 1. The molecule has 1 N–H and O–H groups in total. The van der Waals surface area contributed by atoms with Crippen LogP contribution in [-0.4, -0.2) is 10.8 Å². The van der Waals surface area contributed by atoms with Crippen LogP contribution in [0.4, 0.5) is 11.4 Å². The van der Waals surface area contributed by atoms with Crippen LogP contribution >= 0.6 is 11.6 Å². The summed E-state index contributed by atoms with van der Waals surface area (Å²) in [7, 11) is 0. The van der Waals surface area contributed by atoms with Crippen molar-refractivity contribution in [1.29, 1.82) is 5.26 Å². The van der Waals surface area contributed by atoms with Crippen LogP contribution in [0.3, 0.4) is 0 Å². The Bertz CT molecular complexity index is 1160. The Morgan fingerprint density at radius 2 is 1.93 bits per heavy atom. The molecule has 3 aromatic rings. The first-order valence-electron chi connectivity index (χ1n) is 8.41. The average Bonchev–Trinajstić information content (AvgIpc) is 3.16. The maximum atomic E-state index is 12.3. The fourth-order valence-electron chi connectivity index (χ4n) is 2.52. The minimum Gasteiger partial charge on any atom is -0.457 e. The number of rotatable bonds is 5. The van der Waals surface area contributed by atoms with Gasteiger partial charge in [-0.05, 0) is 37.3 Å². The molecule has 0 aliphatic rings. The van der Waals surface area contributed by atoms with Gasteiger partial charge in [0.15, 0.2) is 0 Å². The van der Waals surface area contributed by atoms with Gasteiger partial charge in [0.2, 0.25) is 0 Å². The van der Waals surface area contributed by atoms with E-state index < -0.39 is 10.8 Å². The summed E-state index contributed by atoms with van der Waals surface area (Å²) in [5, 5.41) is 22.9. The van der Waals surface area contributed by atoms with Crippen LogP contribution in [-0.2, 0) is 4.79 Å². The predicted octanol–water partition coefficient (Wildman–Crippen LogP) is 5.36. The van der Waals surface area contributed by atoms with Gasteiger partial charge in [0.1, 0.15) is 23.2 Å². The van der Waals surface area contributed by atoms with E-state index in [1.54, 1.807) is 24.3 Å². The molecule has 0 aliphatic heterocycles. The molecule has 144 valence electrons. The van der Waals surface area contributed by atoms with Gasteiger partial charge in [0, 0.05) is 29.5 Å². The lowest BCUT2D eigenvalue weighted by molar-refractivity contribution is -0.384. The summed E-state index contributed by atoms with van der Waals surface area (Å²) in [4.78, 5) is 22.6. The van der Waals surface area contributed by atoms with E-state index in [1.165, 1.54) is 24.3 Å². The van der Waals surface area contributed by atoms with E-state index in [0.717, 1.165) is 5.56 Å². The number of nitrogens with one attached hydrogen (secondary N) is 1. The number of nitrogens with zero attached hydrogens (tertiary/aromatic N) is 2. The van der Waals surface area contributed by atoms with E-state index in [9.17, 15) is 20.2 Å². The zero-order valence-electron chi connectivity index (χ0n) is 15.2. The van der Waals surface area contributed by atoms with Gasteiger partial charge in [-0.1, -0.05) is 29.3 Å². The van der Waals surface area contributed by atoms with Crippen molar-refractivity contribution < 1.29 is 14.1 Å². The molecule has 0 fully saturated rings. The largest absolute Gasteiger partial charge is 0.457 e. The molecular weight excluding hydrogens is 394 g/mol. The third-order valence-corrected chi connectivity index (χ3v) is 4.33. The number of nitro groups is 1. The summed E-state index contributed by atoms with van der Waals surface area (Å²) in [5.41, 5.74) is 1.80. The van der Waals surface area contributed by atoms with Crippen molar-refractivity contribution in [2.75, 3.05) is 5.32 Å². The number of benzene rings is 2. The molecule has 0 unspecified atom stereocenters. The quantitative estimate of drug-likeness (QED) is 0.265. The second-order valence-corrected chi connectivity index (χ2v) is 6.52. The number of anilines is 1. The van der Waals surface area contributed by atoms with Crippen LogP contribution in [0.1, 0.15) is 11.3 Å². The Kier molecular flexibility index (Phi) is 5.77. The standard InChI is InChI=1S/C21H14ClN3O4/c1-13-2-4-15(5-3-13)24-21(26)14(12-23)10-17-7-9-20(29-17)18-8-6-16(25(27)28)11-19(18)22/h2-11H,1H3,(H,24,26)/b14-10+. The molecule has 0 bridgehead atoms. The third-order valence-electron chi connectivity index (χ3n) is 4.02. The Morgan fingerprint density at radius 3 is 2.55 bits per heavy atom. The molecule has 0 radical (unpaired) electrons. The van der Waals surface area contributed by atoms with Gasteiger partial charge >= 0.3 is 0 Å². The number of aryl methyl sites for hydroxylation is 1. The van der Waals surface area contributed by atoms with Gasteiger partial charge in [-0.15, -0.1) is 0 Å². The van der Waals surface area contributed by atoms with Crippen LogP contribution in [0.25, 0.3) is 17.4 Å². The Hall–Kier alpha value is -3.89. The monoisotopic (exact) mass is 407 g/mol. The smallest absolute Gasteiger partial charge is 0.270 e. The summed E-state index contributed by atoms with van der Waals surface area (Å²) in [5.74, 6) is 0.0556. The fourth-order valence-corrected chi connectivity index (χ4v) is 2.79. The molecule has 1 aromatic heterocycles. The predicted molar refractivity (Wildman–Crippen MR) is 109 cm³/mol. The molecule has 1 heterocycles. The van der Waals surface area contributed by atoms with Gasteiger partial charge in [-0.2, -0.15) is 5.26 Å². The number of furan rings is 1. The number of hydrogen-bond acceptors (Lipinski definition) is 5. The van der Waals surface area contributed by atoms with E-state index >= 15 is 0 Å². The third kappa shape index (κ3) is 4.69. The van der Waals surface area contributed by atoms with Crippen LogP contribution in [0, 0.1) is 28.4 Å². The van der Waals surface area contributed by atoms with Crippen molar-refractivity contribution >= 4 is 35.0 Å². The normalized spacial score (nSPS) is 11.0. The molecule has 0 atom stereocenters. The van der Waals surface area contributed by atoms with E-state index in [1.807, 2.05) is 25.1 Å². The van der Waals surface area contributed by atoms with Crippen molar-refractivity contribution in [1.82, 2.24) is 0 Å². The number of carbonyl (C=O) groups excluding carboxylic acids is 1. The maximum absolute atomic E-state index is 12.3. The minimum atomic E-state index is -0.567.